The minimum absolute atomic E-state index is 0.256. The Morgan fingerprint density at radius 2 is 1.84 bits per heavy atom. The summed E-state index contributed by atoms with van der Waals surface area (Å²) in [5.74, 6) is 1.72. The molecule has 2 aromatic carbocycles. The molecule has 4 nitrogen and oxygen atoms in total. The predicted molar refractivity (Wildman–Crippen MR) is 97.9 cm³/mol. The summed E-state index contributed by atoms with van der Waals surface area (Å²) in [6.45, 7) is 6.61. The van der Waals surface area contributed by atoms with Gasteiger partial charge >= 0.3 is 5.95 Å². The van der Waals surface area contributed by atoms with Gasteiger partial charge in [-0.3, -0.25) is 5.73 Å². The molecule has 0 amide bonds. The van der Waals surface area contributed by atoms with Crippen LogP contribution in [-0.2, 0) is 13.1 Å². The normalized spacial score (nSPS) is 11.4. The number of imidazole rings is 1. The molecule has 1 heterocycles. The fourth-order valence-corrected chi connectivity index (χ4v) is 3.05. The smallest absolute Gasteiger partial charge is 0.356 e. The molecule has 0 aliphatic rings. The number of hydrogen-bond acceptors (Lipinski definition) is 2. The molecular formula is C20H25FN3O+. The summed E-state index contributed by atoms with van der Waals surface area (Å²) in [4.78, 5) is 0. The number of halogens is 1. The van der Waals surface area contributed by atoms with Crippen LogP contribution in [0.1, 0.15) is 20.3 Å². The van der Waals surface area contributed by atoms with Gasteiger partial charge in [0.1, 0.15) is 22.6 Å². The van der Waals surface area contributed by atoms with Crippen molar-refractivity contribution in [1.29, 1.82) is 0 Å². The first-order valence-electron chi connectivity index (χ1n) is 8.71. The average Bonchev–Trinajstić information content (AvgIpc) is 2.85. The van der Waals surface area contributed by atoms with Crippen molar-refractivity contribution in [3.63, 3.8) is 0 Å². The van der Waals surface area contributed by atoms with E-state index in [1.807, 2.05) is 12.1 Å². The Labute approximate surface area is 147 Å². The van der Waals surface area contributed by atoms with E-state index in [1.165, 1.54) is 12.1 Å². The Hall–Kier alpha value is -2.56. The summed E-state index contributed by atoms with van der Waals surface area (Å²) >= 11 is 0. The lowest BCUT2D eigenvalue weighted by Gasteiger charge is -2.06. The summed E-state index contributed by atoms with van der Waals surface area (Å²) < 4.78 is 22.9. The number of para-hydroxylation sites is 2. The standard InChI is InChI=1S/C20H24FN3O/c1-15(2)14-24-19-7-4-3-6-18(19)23(20(24)22)12-5-13-25-17-10-8-16(21)9-11-17/h3-4,6-11,15,22H,5,12-14H2,1-2H3/p+1. The second-order valence-electron chi connectivity index (χ2n) is 6.66. The van der Waals surface area contributed by atoms with Gasteiger partial charge in [0, 0.05) is 6.42 Å². The zero-order chi connectivity index (χ0) is 17.8. The highest BCUT2D eigenvalue weighted by Crippen LogP contribution is 2.18. The summed E-state index contributed by atoms with van der Waals surface area (Å²) in [5.41, 5.74) is 8.72. The van der Waals surface area contributed by atoms with Crippen molar-refractivity contribution in [3.05, 3.63) is 54.3 Å². The Balaban J connectivity index is 1.70. The molecule has 132 valence electrons. The summed E-state index contributed by atoms with van der Waals surface area (Å²) in [6, 6.07) is 14.4. The molecular weight excluding hydrogens is 317 g/mol. The first-order chi connectivity index (χ1) is 12.1. The van der Waals surface area contributed by atoms with Crippen LogP contribution < -0.4 is 15.0 Å². The van der Waals surface area contributed by atoms with E-state index in [0.29, 0.717) is 18.3 Å². The number of nitrogens with zero attached hydrogens (tertiary/aromatic N) is 2. The molecule has 0 spiro atoms. The largest absolute Gasteiger partial charge is 0.493 e. The third kappa shape index (κ3) is 3.92. The van der Waals surface area contributed by atoms with Crippen LogP contribution in [0.15, 0.2) is 48.5 Å². The first kappa shape index (κ1) is 17.3. The van der Waals surface area contributed by atoms with Crippen molar-refractivity contribution < 1.29 is 13.7 Å². The van der Waals surface area contributed by atoms with Gasteiger partial charge in [-0.05, 0) is 42.3 Å². The van der Waals surface area contributed by atoms with E-state index in [2.05, 4.69) is 35.1 Å². The Kier molecular flexibility index (Phi) is 5.22. The van der Waals surface area contributed by atoms with E-state index >= 15 is 0 Å². The molecule has 2 N–H and O–H groups in total. The molecule has 25 heavy (non-hydrogen) atoms. The van der Waals surface area contributed by atoms with Crippen molar-refractivity contribution in [3.8, 4) is 5.75 Å². The minimum Gasteiger partial charge on any atom is -0.493 e. The number of fused-ring (bicyclic) bond motifs is 1. The molecule has 3 aromatic rings. The van der Waals surface area contributed by atoms with Gasteiger partial charge in [0.15, 0.2) is 0 Å². The number of benzene rings is 2. The van der Waals surface area contributed by atoms with Crippen molar-refractivity contribution in [1.82, 2.24) is 4.57 Å². The second kappa shape index (κ2) is 7.55. The number of nitrogen functional groups attached to an aromatic ring is 1. The summed E-state index contributed by atoms with van der Waals surface area (Å²) in [7, 11) is 0. The fraction of sp³-hybridized carbons (Fsp3) is 0.350. The molecule has 0 radical (unpaired) electrons. The molecule has 0 aliphatic carbocycles. The highest BCUT2D eigenvalue weighted by atomic mass is 19.1. The van der Waals surface area contributed by atoms with Gasteiger partial charge in [0.05, 0.1) is 19.7 Å². The lowest BCUT2D eigenvalue weighted by molar-refractivity contribution is -0.663. The Morgan fingerprint density at radius 1 is 1.12 bits per heavy atom. The molecule has 0 aliphatic heterocycles. The molecule has 0 unspecified atom stereocenters. The zero-order valence-electron chi connectivity index (χ0n) is 14.8. The predicted octanol–water partition coefficient (Wildman–Crippen LogP) is 3.78. The summed E-state index contributed by atoms with van der Waals surface area (Å²) in [5, 5.41) is 0. The van der Waals surface area contributed by atoms with Crippen LogP contribution in [0.5, 0.6) is 5.75 Å². The van der Waals surface area contributed by atoms with Gasteiger partial charge in [0.2, 0.25) is 0 Å². The number of hydrogen-bond donors (Lipinski definition) is 1. The van der Waals surface area contributed by atoms with E-state index in [9.17, 15) is 4.39 Å². The lowest BCUT2D eigenvalue weighted by Crippen LogP contribution is -2.39. The summed E-state index contributed by atoms with van der Waals surface area (Å²) in [6.07, 6.45) is 0.821. The van der Waals surface area contributed by atoms with Crippen LogP contribution in [0.2, 0.25) is 0 Å². The van der Waals surface area contributed by atoms with Crippen LogP contribution >= 0.6 is 0 Å². The average molecular weight is 342 g/mol. The van der Waals surface area contributed by atoms with Gasteiger partial charge < -0.3 is 4.74 Å². The first-order valence-corrected chi connectivity index (χ1v) is 8.71. The molecule has 0 saturated heterocycles. The van der Waals surface area contributed by atoms with E-state index in [4.69, 9.17) is 10.5 Å². The maximum atomic E-state index is 12.9. The highest BCUT2D eigenvalue weighted by Gasteiger charge is 2.20. The third-order valence-electron chi connectivity index (χ3n) is 4.17. The molecule has 0 fully saturated rings. The van der Waals surface area contributed by atoms with Gasteiger partial charge in [-0.15, -0.1) is 0 Å². The van der Waals surface area contributed by atoms with Crippen molar-refractivity contribution in [2.24, 2.45) is 5.92 Å². The monoisotopic (exact) mass is 342 g/mol. The zero-order valence-corrected chi connectivity index (χ0v) is 14.8. The number of aryl methyl sites for hydroxylation is 1. The van der Waals surface area contributed by atoms with Crippen molar-refractivity contribution >= 4 is 17.0 Å². The maximum absolute atomic E-state index is 12.9. The molecule has 0 atom stereocenters. The van der Waals surface area contributed by atoms with Crippen LogP contribution in [0, 0.1) is 11.7 Å². The van der Waals surface area contributed by atoms with Crippen LogP contribution in [0.4, 0.5) is 10.3 Å². The van der Waals surface area contributed by atoms with Crippen LogP contribution in [0.25, 0.3) is 11.0 Å². The quantitative estimate of drug-likeness (QED) is 0.525. The third-order valence-corrected chi connectivity index (χ3v) is 4.17. The van der Waals surface area contributed by atoms with E-state index in [-0.39, 0.29) is 5.82 Å². The van der Waals surface area contributed by atoms with Gasteiger partial charge in [0.25, 0.3) is 0 Å². The Morgan fingerprint density at radius 3 is 2.56 bits per heavy atom. The topological polar surface area (TPSA) is 44.1 Å². The maximum Gasteiger partial charge on any atom is 0.356 e. The molecule has 0 bridgehead atoms. The number of anilines is 1. The lowest BCUT2D eigenvalue weighted by atomic mass is 10.2. The highest BCUT2D eigenvalue weighted by molar-refractivity contribution is 5.73. The van der Waals surface area contributed by atoms with Crippen LogP contribution in [0.3, 0.4) is 0 Å². The number of aromatic nitrogens is 2. The minimum atomic E-state index is -0.256. The van der Waals surface area contributed by atoms with Gasteiger partial charge in [-0.1, -0.05) is 26.0 Å². The van der Waals surface area contributed by atoms with Gasteiger partial charge in [-0.2, -0.15) is 0 Å². The number of rotatable bonds is 7. The Bertz CT molecular complexity index is 840. The second-order valence-corrected chi connectivity index (χ2v) is 6.66. The molecule has 5 heteroatoms. The molecule has 0 saturated carbocycles. The number of ether oxygens (including phenoxy) is 1. The van der Waals surface area contributed by atoms with Gasteiger partial charge in [-0.25, -0.2) is 13.5 Å². The van der Waals surface area contributed by atoms with E-state index in [1.54, 1.807) is 12.1 Å². The van der Waals surface area contributed by atoms with E-state index < -0.39 is 0 Å². The number of nitrogens with two attached hydrogens (primary N) is 1. The SMILES string of the molecule is CC(C)C[n+]1c(N)n(CCCOc2ccc(F)cc2)c2ccccc21. The van der Waals surface area contributed by atoms with Crippen molar-refractivity contribution in [2.75, 3.05) is 12.3 Å². The van der Waals surface area contributed by atoms with E-state index in [0.717, 1.165) is 36.5 Å². The molecule has 3 rings (SSSR count). The molecule has 1 aromatic heterocycles. The van der Waals surface area contributed by atoms with Crippen molar-refractivity contribution in [2.45, 2.75) is 33.4 Å². The fourth-order valence-electron chi connectivity index (χ4n) is 3.05. The van der Waals surface area contributed by atoms with Crippen LogP contribution in [-0.4, -0.2) is 11.2 Å².